The molecule has 0 aliphatic carbocycles. The van der Waals surface area contributed by atoms with Gasteiger partial charge in [-0.2, -0.15) is 0 Å². The Morgan fingerprint density at radius 2 is 0.677 bits per heavy atom. The molecule has 0 saturated carbocycles. The molecule has 0 bridgehead atoms. The molecule has 4 aromatic rings. The standard InChI is InChI=1S/C28H21O2P/c29-31(30)27(23-17-9-3-10-18-23)25(21-13-5-1-6-14-21)26(22-15-7-2-8-16-22)28(31)24-19-11-4-12-20-24/h1-20H,(H,29,30). The number of hydrogen-bond donors (Lipinski definition) is 1. The molecule has 2 nitrogen and oxygen atoms in total. The topological polar surface area (TPSA) is 37.3 Å². The molecule has 0 amide bonds. The quantitative estimate of drug-likeness (QED) is 0.349. The van der Waals surface area contributed by atoms with E-state index < -0.39 is 7.37 Å². The van der Waals surface area contributed by atoms with E-state index in [1.165, 1.54) is 0 Å². The van der Waals surface area contributed by atoms with Gasteiger partial charge in [-0.15, -0.1) is 0 Å². The lowest BCUT2D eigenvalue weighted by Gasteiger charge is -2.15. The van der Waals surface area contributed by atoms with Gasteiger partial charge in [0.2, 0.25) is 0 Å². The molecule has 5 rings (SSSR count). The van der Waals surface area contributed by atoms with Crippen LogP contribution in [0, 0.1) is 0 Å². The molecule has 0 spiro atoms. The Morgan fingerprint density at radius 3 is 0.968 bits per heavy atom. The third kappa shape index (κ3) is 3.41. The molecule has 1 N–H and O–H groups in total. The summed E-state index contributed by atoms with van der Waals surface area (Å²) in [5.74, 6) is 0. The van der Waals surface area contributed by atoms with Crippen LogP contribution in [0.15, 0.2) is 121 Å². The maximum atomic E-state index is 14.3. The second-order valence-electron chi connectivity index (χ2n) is 7.49. The molecule has 1 aliphatic rings. The molecule has 0 fully saturated rings. The lowest BCUT2D eigenvalue weighted by molar-refractivity contribution is 0.503. The molecule has 1 aliphatic heterocycles. The number of hydrogen-bond acceptors (Lipinski definition) is 1. The maximum Gasteiger partial charge on any atom is 0.261 e. The molecule has 3 heteroatoms. The first-order chi connectivity index (χ1) is 15.2. The van der Waals surface area contributed by atoms with Gasteiger partial charge in [-0.1, -0.05) is 121 Å². The summed E-state index contributed by atoms with van der Waals surface area (Å²) in [6.45, 7) is 0. The lowest BCUT2D eigenvalue weighted by atomic mass is 9.89. The number of rotatable bonds is 4. The third-order valence-corrected chi connectivity index (χ3v) is 7.73. The largest absolute Gasteiger partial charge is 0.338 e. The Bertz CT molecular complexity index is 1220. The van der Waals surface area contributed by atoms with Crippen molar-refractivity contribution in [2.75, 3.05) is 0 Å². The van der Waals surface area contributed by atoms with Gasteiger partial charge in [-0.25, -0.2) is 0 Å². The van der Waals surface area contributed by atoms with Gasteiger partial charge in [-0.05, 0) is 22.3 Å². The van der Waals surface area contributed by atoms with Crippen LogP contribution in [-0.2, 0) is 4.57 Å². The van der Waals surface area contributed by atoms with E-state index >= 15 is 0 Å². The van der Waals surface area contributed by atoms with Crippen molar-refractivity contribution in [3.8, 4) is 0 Å². The van der Waals surface area contributed by atoms with Gasteiger partial charge in [0.1, 0.15) is 0 Å². The molecular formula is C28H21O2P. The van der Waals surface area contributed by atoms with Crippen molar-refractivity contribution >= 4 is 29.1 Å². The normalized spacial score (nSPS) is 15.4. The van der Waals surface area contributed by atoms with E-state index in [2.05, 4.69) is 0 Å². The lowest BCUT2D eigenvalue weighted by Crippen LogP contribution is -1.92. The van der Waals surface area contributed by atoms with Crippen LogP contribution in [0.5, 0.6) is 0 Å². The van der Waals surface area contributed by atoms with Gasteiger partial charge in [-0.3, -0.25) is 4.57 Å². The molecule has 0 atom stereocenters. The van der Waals surface area contributed by atoms with Crippen molar-refractivity contribution in [1.82, 2.24) is 0 Å². The third-order valence-electron chi connectivity index (χ3n) is 5.55. The Morgan fingerprint density at radius 1 is 0.419 bits per heavy atom. The van der Waals surface area contributed by atoms with E-state index in [1.807, 2.05) is 121 Å². The highest BCUT2D eigenvalue weighted by Gasteiger charge is 2.44. The zero-order valence-corrected chi connectivity index (χ0v) is 17.7. The van der Waals surface area contributed by atoms with Crippen LogP contribution in [0.1, 0.15) is 22.3 Å². The summed E-state index contributed by atoms with van der Waals surface area (Å²) in [7, 11) is -3.89. The molecule has 0 aromatic heterocycles. The molecule has 0 unspecified atom stereocenters. The van der Waals surface area contributed by atoms with Crippen molar-refractivity contribution < 1.29 is 9.46 Å². The summed E-state index contributed by atoms with van der Waals surface area (Å²) in [4.78, 5) is 11.7. The van der Waals surface area contributed by atoms with Crippen LogP contribution < -0.4 is 0 Å². The molecule has 4 aromatic carbocycles. The molecule has 150 valence electrons. The van der Waals surface area contributed by atoms with Crippen LogP contribution in [-0.4, -0.2) is 4.89 Å². The molecule has 0 radical (unpaired) electrons. The zero-order valence-electron chi connectivity index (χ0n) is 16.8. The second-order valence-corrected chi connectivity index (χ2v) is 9.53. The fraction of sp³-hybridized carbons (Fsp3) is 0. The van der Waals surface area contributed by atoms with E-state index in [-0.39, 0.29) is 0 Å². The summed E-state index contributed by atoms with van der Waals surface area (Å²) >= 11 is 0. The minimum Gasteiger partial charge on any atom is -0.338 e. The van der Waals surface area contributed by atoms with Gasteiger partial charge in [0, 0.05) is 11.1 Å². The highest BCUT2D eigenvalue weighted by molar-refractivity contribution is 7.80. The second kappa shape index (κ2) is 8.00. The van der Waals surface area contributed by atoms with E-state index in [0.29, 0.717) is 10.6 Å². The average Bonchev–Trinajstić information content (AvgIpc) is 3.08. The van der Waals surface area contributed by atoms with E-state index in [0.717, 1.165) is 33.4 Å². The Hall–Kier alpha value is -3.45. The van der Waals surface area contributed by atoms with E-state index in [4.69, 9.17) is 0 Å². The van der Waals surface area contributed by atoms with Gasteiger partial charge < -0.3 is 4.89 Å². The summed E-state index contributed by atoms with van der Waals surface area (Å²) < 4.78 is 14.3. The Kier molecular flexibility index (Phi) is 5.03. The SMILES string of the molecule is O=P1(O)C(c2ccccc2)=C(c2ccccc2)C(c2ccccc2)=C1c1ccccc1. The van der Waals surface area contributed by atoms with Crippen molar-refractivity contribution in [3.05, 3.63) is 144 Å². The summed E-state index contributed by atoms with van der Waals surface area (Å²) in [6, 6.07) is 39.0. The summed E-state index contributed by atoms with van der Waals surface area (Å²) in [5, 5.41) is 0.994. The molecular weight excluding hydrogens is 399 g/mol. The summed E-state index contributed by atoms with van der Waals surface area (Å²) in [5.41, 5.74) is 5.05. The minimum atomic E-state index is -3.89. The molecule has 31 heavy (non-hydrogen) atoms. The van der Waals surface area contributed by atoms with Crippen LogP contribution in [0.3, 0.4) is 0 Å². The first kappa shape index (κ1) is 19.5. The van der Waals surface area contributed by atoms with Crippen LogP contribution >= 0.6 is 7.37 Å². The van der Waals surface area contributed by atoms with E-state index in [9.17, 15) is 9.46 Å². The molecule has 1 heterocycles. The van der Waals surface area contributed by atoms with E-state index in [1.54, 1.807) is 0 Å². The van der Waals surface area contributed by atoms with Crippen LogP contribution in [0.4, 0.5) is 0 Å². The fourth-order valence-electron chi connectivity index (χ4n) is 4.25. The maximum absolute atomic E-state index is 14.3. The van der Waals surface area contributed by atoms with Crippen molar-refractivity contribution in [2.45, 2.75) is 0 Å². The fourth-order valence-corrected chi connectivity index (χ4v) is 6.56. The predicted octanol–water partition coefficient (Wildman–Crippen LogP) is 7.41. The highest BCUT2D eigenvalue weighted by atomic mass is 31.2. The van der Waals surface area contributed by atoms with Gasteiger partial charge in [0.25, 0.3) is 7.37 Å². The number of allylic oxidation sites excluding steroid dienone is 2. The van der Waals surface area contributed by atoms with Crippen molar-refractivity contribution in [3.63, 3.8) is 0 Å². The first-order valence-electron chi connectivity index (χ1n) is 10.2. The number of benzene rings is 4. The predicted molar refractivity (Wildman–Crippen MR) is 129 cm³/mol. The summed E-state index contributed by atoms with van der Waals surface area (Å²) in [6.07, 6.45) is 0. The van der Waals surface area contributed by atoms with Gasteiger partial charge in [0.05, 0.1) is 10.6 Å². The van der Waals surface area contributed by atoms with Gasteiger partial charge >= 0.3 is 0 Å². The Balaban J connectivity index is 1.93. The van der Waals surface area contributed by atoms with Gasteiger partial charge in [0.15, 0.2) is 0 Å². The van der Waals surface area contributed by atoms with Crippen molar-refractivity contribution in [2.24, 2.45) is 0 Å². The smallest absolute Gasteiger partial charge is 0.261 e. The van der Waals surface area contributed by atoms with Crippen molar-refractivity contribution in [1.29, 1.82) is 0 Å². The highest BCUT2D eigenvalue weighted by Crippen LogP contribution is 2.75. The first-order valence-corrected chi connectivity index (χ1v) is 11.9. The van der Waals surface area contributed by atoms with Crippen LogP contribution in [0.25, 0.3) is 21.8 Å². The Labute approximate surface area is 182 Å². The minimum absolute atomic E-state index is 0.497. The molecule has 0 saturated heterocycles. The van der Waals surface area contributed by atoms with Crippen LogP contribution in [0.2, 0.25) is 0 Å². The monoisotopic (exact) mass is 420 g/mol. The zero-order chi connectivity index (χ0) is 21.3. The average molecular weight is 420 g/mol.